The monoisotopic (exact) mass is 259 g/mol. The Morgan fingerprint density at radius 2 is 2.16 bits per heavy atom. The fourth-order valence-electron chi connectivity index (χ4n) is 2.41. The normalized spacial score (nSPS) is 14.8. The van der Waals surface area contributed by atoms with E-state index >= 15 is 0 Å². The molecule has 4 nitrogen and oxygen atoms in total. The van der Waals surface area contributed by atoms with Crippen molar-refractivity contribution in [2.45, 2.75) is 32.1 Å². The van der Waals surface area contributed by atoms with Gasteiger partial charge >= 0.3 is 0 Å². The summed E-state index contributed by atoms with van der Waals surface area (Å²) in [5, 5.41) is 3.26. The fourth-order valence-corrected chi connectivity index (χ4v) is 2.41. The summed E-state index contributed by atoms with van der Waals surface area (Å²) in [6, 6.07) is 5.12. The third kappa shape index (κ3) is 3.74. The van der Waals surface area contributed by atoms with Crippen molar-refractivity contribution >= 4 is 17.3 Å². The third-order valence-electron chi connectivity index (χ3n) is 3.46. The van der Waals surface area contributed by atoms with E-state index in [1.165, 1.54) is 31.3 Å². The highest BCUT2D eigenvalue weighted by atomic mass is 16.1. The Balaban J connectivity index is 1.96. The molecule has 0 heterocycles. The Morgan fingerprint density at radius 3 is 2.84 bits per heavy atom. The van der Waals surface area contributed by atoms with Crippen molar-refractivity contribution in [1.29, 1.82) is 0 Å². The molecule has 0 aliphatic heterocycles. The molecule has 0 unspecified atom stereocenters. The highest BCUT2D eigenvalue weighted by Gasteiger charge is 2.09. The van der Waals surface area contributed by atoms with Crippen LogP contribution in [0.25, 0.3) is 0 Å². The number of allylic oxidation sites excluding steroid dienone is 1. The number of nitrogens with two attached hydrogens (primary N) is 2. The largest absolute Gasteiger partial charge is 0.399 e. The first-order valence-corrected chi connectivity index (χ1v) is 6.78. The van der Waals surface area contributed by atoms with Gasteiger partial charge in [0.2, 0.25) is 0 Å². The number of benzene rings is 1. The molecule has 0 saturated carbocycles. The van der Waals surface area contributed by atoms with Crippen LogP contribution >= 0.6 is 0 Å². The van der Waals surface area contributed by atoms with Crippen molar-refractivity contribution < 1.29 is 4.79 Å². The average molecular weight is 259 g/mol. The first-order valence-electron chi connectivity index (χ1n) is 6.78. The Hall–Kier alpha value is -1.97. The molecular weight excluding hydrogens is 238 g/mol. The van der Waals surface area contributed by atoms with Gasteiger partial charge in [0.15, 0.2) is 0 Å². The molecule has 0 bridgehead atoms. The number of hydrogen-bond acceptors (Lipinski definition) is 3. The first-order chi connectivity index (χ1) is 9.16. The Bertz CT molecular complexity index is 494. The fraction of sp³-hybridized carbons (Fsp3) is 0.400. The Morgan fingerprint density at radius 1 is 1.32 bits per heavy atom. The van der Waals surface area contributed by atoms with Gasteiger partial charge in [0.05, 0.1) is 5.56 Å². The van der Waals surface area contributed by atoms with E-state index < -0.39 is 5.91 Å². The maximum atomic E-state index is 11.3. The minimum Gasteiger partial charge on any atom is -0.399 e. The molecule has 1 aliphatic carbocycles. The van der Waals surface area contributed by atoms with Crippen molar-refractivity contribution in [2.24, 2.45) is 5.73 Å². The van der Waals surface area contributed by atoms with Gasteiger partial charge in [0, 0.05) is 17.9 Å². The molecule has 0 saturated heterocycles. The second kappa shape index (κ2) is 6.27. The number of anilines is 2. The molecule has 5 N–H and O–H groups in total. The van der Waals surface area contributed by atoms with E-state index in [4.69, 9.17) is 11.5 Å². The van der Waals surface area contributed by atoms with Crippen LogP contribution in [0.2, 0.25) is 0 Å². The Labute approximate surface area is 113 Å². The van der Waals surface area contributed by atoms with Gasteiger partial charge in [-0.3, -0.25) is 4.79 Å². The molecule has 0 aromatic heterocycles. The lowest BCUT2D eigenvalue weighted by molar-refractivity contribution is 0.100. The van der Waals surface area contributed by atoms with Crippen molar-refractivity contribution in [3.8, 4) is 0 Å². The lowest BCUT2D eigenvalue weighted by Gasteiger charge is -2.15. The second-order valence-electron chi connectivity index (χ2n) is 4.95. The summed E-state index contributed by atoms with van der Waals surface area (Å²) >= 11 is 0. The van der Waals surface area contributed by atoms with Crippen molar-refractivity contribution in [3.05, 3.63) is 35.4 Å². The van der Waals surface area contributed by atoms with Crippen LogP contribution in [0.4, 0.5) is 11.4 Å². The van der Waals surface area contributed by atoms with Gasteiger partial charge in [-0.2, -0.15) is 0 Å². The summed E-state index contributed by atoms with van der Waals surface area (Å²) in [5.74, 6) is -0.431. The molecule has 0 atom stereocenters. The van der Waals surface area contributed by atoms with Crippen LogP contribution in [0.3, 0.4) is 0 Å². The van der Waals surface area contributed by atoms with Crippen LogP contribution in [0.5, 0.6) is 0 Å². The molecule has 0 radical (unpaired) electrons. The number of rotatable bonds is 5. The van der Waals surface area contributed by atoms with Crippen LogP contribution in [0, 0.1) is 0 Å². The molecule has 19 heavy (non-hydrogen) atoms. The quantitative estimate of drug-likeness (QED) is 0.561. The summed E-state index contributed by atoms with van der Waals surface area (Å²) in [7, 11) is 0. The van der Waals surface area contributed by atoms with Crippen molar-refractivity contribution in [1.82, 2.24) is 0 Å². The highest BCUT2D eigenvalue weighted by Crippen LogP contribution is 2.22. The van der Waals surface area contributed by atoms with E-state index in [9.17, 15) is 4.79 Å². The SMILES string of the molecule is NC(=O)c1ccc(N)cc1NCCC1=CCCCC1. The maximum Gasteiger partial charge on any atom is 0.250 e. The molecule has 1 amide bonds. The minimum absolute atomic E-state index is 0.431. The zero-order chi connectivity index (χ0) is 13.7. The van der Waals surface area contributed by atoms with Crippen LogP contribution in [-0.2, 0) is 0 Å². The Kier molecular flexibility index (Phi) is 4.44. The molecule has 102 valence electrons. The molecular formula is C15H21N3O. The highest BCUT2D eigenvalue weighted by molar-refractivity contribution is 5.99. The predicted octanol–water partition coefficient (Wildman–Crippen LogP) is 2.67. The summed E-state index contributed by atoms with van der Waals surface area (Å²) in [5.41, 5.74) is 14.4. The van der Waals surface area contributed by atoms with E-state index in [2.05, 4.69) is 11.4 Å². The average Bonchev–Trinajstić information content (AvgIpc) is 2.39. The van der Waals surface area contributed by atoms with Gasteiger partial charge in [0.1, 0.15) is 0 Å². The summed E-state index contributed by atoms with van der Waals surface area (Å²) < 4.78 is 0. The topological polar surface area (TPSA) is 81.1 Å². The summed E-state index contributed by atoms with van der Waals surface area (Å²) in [6.45, 7) is 0.801. The second-order valence-corrected chi connectivity index (χ2v) is 4.95. The predicted molar refractivity (Wildman–Crippen MR) is 79.0 cm³/mol. The van der Waals surface area contributed by atoms with Crippen LogP contribution < -0.4 is 16.8 Å². The zero-order valence-corrected chi connectivity index (χ0v) is 11.1. The lowest BCUT2D eigenvalue weighted by Crippen LogP contribution is -2.15. The lowest BCUT2D eigenvalue weighted by atomic mass is 9.97. The minimum atomic E-state index is -0.431. The third-order valence-corrected chi connectivity index (χ3v) is 3.46. The van der Waals surface area contributed by atoms with Gasteiger partial charge in [0.25, 0.3) is 5.91 Å². The molecule has 1 aromatic carbocycles. The van der Waals surface area contributed by atoms with E-state index in [-0.39, 0.29) is 0 Å². The number of primary amides is 1. The molecule has 0 spiro atoms. The van der Waals surface area contributed by atoms with E-state index in [1.807, 2.05) is 0 Å². The first kappa shape index (κ1) is 13.5. The summed E-state index contributed by atoms with van der Waals surface area (Å²) in [4.78, 5) is 11.3. The van der Waals surface area contributed by atoms with E-state index in [0.717, 1.165) is 18.7 Å². The van der Waals surface area contributed by atoms with Crippen molar-refractivity contribution in [3.63, 3.8) is 0 Å². The van der Waals surface area contributed by atoms with Gasteiger partial charge in [-0.25, -0.2) is 0 Å². The zero-order valence-electron chi connectivity index (χ0n) is 11.1. The number of carbonyl (C=O) groups excluding carboxylic acids is 1. The smallest absolute Gasteiger partial charge is 0.250 e. The molecule has 1 aromatic rings. The standard InChI is InChI=1S/C15H21N3O/c16-12-6-7-13(15(17)19)14(10-12)18-9-8-11-4-2-1-3-5-11/h4,6-7,10,18H,1-3,5,8-9,16H2,(H2,17,19). The maximum absolute atomic E-state index is 11.3. The number of nitrogens with one attached hydrogen (secondary N) is 1. The molecule has 1 aliphatic rings. The van der Waals surface area contributed by atoms with Gasteiger partial charge in [-0.05, 0) is 50.3 Å². The van der Waals surface area contributed by atoms with Crippen LogP contribution in [-0.4, -0.2) is 12.5 Å². The van der Waals surface area contributed by atoms with Crippen LogP contribution in [0.1, 0.15) is 42.5 Å². The molecule has 2 rings (SSSR count). The van der Waals surface area contributed by atoms with Gasteiger partial charge < -0.3 is 16.8 Å². The molecule has 0 fully saturated rings. The van der Waals surface area contributed by atoms with Crippen molar-refractivity contribution in [2.75, 3.05) is 17.6 Å². The number of nitrogen functional groups attached to an aromatic ring is 1. The van der Waals surface area contributed by atoms with Gasteiger partial charge in [-0.15, -0.1) is 0 Å². The number of hydrogen-bond donors (Lipinski definition) is 3. The number of amides is 1. The van der Waals surface area contributed by atoms with E-state index in [1.54, 1.807) is 18.2 Å². The summed E-state index contributed by atoms with van der Waals surface area (Å²) in [6.07, 6.45) is 8.32. The van der Waals surface area contributed by atoms with Crippen LogP contribution in [0.15, 0.2) is 29.8 Å². The number of carbonyl (C=O) groups is 1. The van der Waals surface area contributed by atoms with Gasteiger partial charge in [-0.1, -0.05) is 11.6 Å². The van der Waals surface area contributed by atoms with E-state index in [0.29, 0.717) is 11.3 Å². The molecule has 4 heteroatoms.